The van der Waals surface area contributed by atoms with Gasteiger partial charge in [0.05, 0.1) is 4.90 Å². The maximum atomic E-state index is 13.2. The van der Waals surface area contributed by atoms with Crippen LogP contribution in [0.2, 0.25) is 5.02 Å². The van der Waals surface area contributed by atoms with Gasteiger partial charge in [0.25, 0.3) is 0 Å². The van der Waals surface area contributed by atoms with E-state index in [-0.39, 0.29) is 22.6 Å². The molecular formula is C22H20ClN3O3S2. The van der Waals surface area contributed by atoms with Crippen LogP contribution in [0.3, 0.4) is 0 Å². The van der Waals surface area contributed by atoms with Crippen LogP contribution in [0, 0.1) is 0 Å². The lowest BCUT2D eigenvalue weighted by atomic mass is 10.1. The van der Waals surface area contributed by atoms with E-state index in [4.69, 9.17) is 11.6 Å². The highest BCUT2D eigenvalue weighted by atomic mass is 35.5. The maximum Gasteiger partial charge on any atom is 0.249 e. The minimum Gasteiger partial charge on any atom is -0.359 e. The van der Waals surface area contributed by atoms with E-state index in [1.54, 1.807) is 40.7 Å². The summed E-state index contributed by atoms with van der Waals surface area (Å²) in [7, 11) is -3.47. The normalized spacial score (nSPS) is 18.6. The first-order valence-corrected chi connectivity index (χ1v) is 12.9. The second kappa shape index (κ2) is 7.93. The fourth-order valence-corrected chi connectivity index (χ4v) is 6.87. The van der Waals surface area contributed by atoms with Gasteiger partial charge in [-0.1, -0.05) is 17.7 Å². The predicted octanol–water partition coefficient (Wildman–Crippen LogP) is 3.94. The standard InChI is InChI=1S/C22H20ClN3O3S2/c23-18-2-1-3-19-17(18)8-11-26(19)20-9-12-25(22(20)27)15-4-6-16(7-5-15)31(28,29)14-21-24-10-13-30-21/h1-7,10,13,20H,8-9,11-12,14H2/t20-/m0/s1. The van der Waals surface area contributed by atoms with Crippen LogP contribution in [0.15, 0.2) is 58.9 Å². The Bertz CT molecular complexity index is 1230. The minimum atomic E-state index is -3.47. The number of rotatable bonds is 5. The van der Waals surface area contributed by atoms with E-state index >= 15 is 0 Å². The van der Waals surface area contributed by atoms with Gasteiger partial charge in [-0.2, -0.15) is 0 Å². The number of fused-ring (bicyclic) bond motifs is 1. The Morgan fingerprint density at radius 2 is 1.94 bits per heavy atom. The third-order valence-electron chi connectivity index (χ3n) is 5.86. The van der Waals surface area contributed by atoms with Crippen molar-refractivity contribution in [1.82, 2.24) is 4.98 Å². The second-order valence-electron chi connectivity index (χ2n) is 7.65. The third kappa shape index (κ3) is 3.73. The van der Waals surface area contributed by atoms with Gasteiger partial charge in [-0.05, 0) is 54.8 Å². The molecule has 1 atom stereocenters. The topological polar surface area (TPSA) is 70.6 Å². The molecule has 6 nitrogen and oxygen atoms in total. The van der Waals surface area contributed by atoms with Gasteiger partial charge in [-0.3, -0.25) is 4.79 Å². The minimum absolute atomic E-state index is 0.0335. The van der Waals surface area contributed by atoms with Gasteiger partial charge >= 0.3 is 0 Å². The van der Waals surface area contributed by atoms with Crippen molar-refractivity contribution in [1.29, 1.82) is 0 Å². The Hall–Kier alpha value is -2.42. The number of carbonyl (C=O) groups excluding carboxylic acids is 1. The molecule has 2 aliphatic rings. The molecule has 1 amide bonds. The molecule has 2 aromatic carbocycles. The predicted molar refractivity (Wildman–Crippen MR) is 123 cm³/mol. The van der Waals surface area contributed by atoms with E-state index in [9.17, 15) is 13.2 Å². The van der Waals surface area contributed by atoms with Crippen molar-refractivity contribution < 1.29 is 13.2 Å². The molecule has 1 fully saturated rings. The van der Waals surface area contributed by atoms with Gasteiger partial charge in [0, 0.05) is 41.1 Å². The van der Waals surface area contributed by atoms with E-state index in [0.29, 0.717) is 17.2 Å². The smallest absolute Gasteiger partial charge is 0.249 e. The van der Waals surface area contributed by atoms with Crippen molar-refractivity contribution in [3.63, 3.8) is 0 Å². The number of hydrogen-bond acceptors (Lipinski definition) is 6. The molecule has 3 heterocycles. The van der Waals surface area contributed by atoms with Crippen LogP contribution in [-0.2, 0) is 26.8 Å². The number of anilines is 2. The number of nitrogens with zero attached hydrogens (tertiary/aromatic N) is 3. The molecule has 0 N–H and O–H groups in total. The average molecular weight is 474 g/mol. The maximum absolute atomic E-state index is 13.2. The first-order chi connectivity index (χ1) is 14.9. The summed E-state index contributed by atoms with van der Waals surface area (Å²) >= 11 is 7.64. The monoisotopic (exact) mass is 473 g/mol. The number of aromatic nitrogens is 1. The molecule has 0 bridgehead atoms. The molecule has 0 radical (unpaired) electrons. The molecular weight excluding hydrogens is 454 g/mol. The van der Waals surface area contributed by atoms with E-state index < -0.39 is 9.84 Å². The molecule has 0 spiro atoms. The second-order valence-corrected chi connectivity index (χ2v) is 11.0. The first kappa shape index (κ1) is 20.5. The van der Waals surface area contributed by atoms with Crippen molar-refractivity contribution in [3.8, 4) is 0 Å². The Balaban J connectivity index is 1.33. The van der Waals surface area contributed by atoms with Gasteiger partial charge in [-0.25, -0.2) is 13.4 Å². The number of benzene rings is 2. The molecule has 0 aliphatic carbocycles. The summed E-state index contributed by atoms with van der Waals surface area (Å²) < 4.78 is 25.3. The van der Waals surface area contributed by atoms with Gasteiger partial charge in [0.2, 0.25) is 5.91 Å². The zero-order valence-electron chi connectivity index (χ0n) is 16.6. The Morgan fingerprint density at radius 1 is 1.13 bits per heavy atom. The zero-order chi connectivity index (χ0) is 21.6. The summed E-state index contributed by atoms with van der Waals surface area (Å²) in [5.41, 5.74) is 2.85. The average Bonchev–Trinajstić information content (AvgIpc) is 3.48. The summed E-state index contributed by atoms with van der Waals surface area (Å²) in [5.74, 6) is -0.0858. The summed E-state index contributed by atoms with van der Waals surface area (Å²) in [6.45, 7) is 1.37. The molecule has 5 rings (SSSR count). The number of hydrogen-bond donors (Lipinski definition) is 0. The van der Waals surface area contributed by atoms with Gasteiger partial charge in [0.15, 0.2) is 9.84 Å². The Morgan fingerprint density at radius 3 is 2.68 bits per heavy atom. The number of thiazole rings is 1. The third-order valence-corrected chi connectivity index (χ3v) is 8.82. The molecule has 9 heteroatoms. The van der Waals surface area contributed by atoms with Crippen LogP contribution in [0.4, 0.5) is 11.4 Å². The quantitative estimate of drug-likeness (QED) is 0.561. The summed E-state index contributed by atoms with van der Waals surface area (Å²) in [6, 6.07) is 12.2. The van der Waals surface area contributed by atoms with E-state index in [0.717, 1.165) is 35.7 Å². The van der Waals surface area contributed by atoms with Gasteiger partial charge in [-0.15, -0.1) is 11.3 Å². The highest BCUT2D eigenvalue weighted by Gasteiger charge is 2.39. The molecule has 31 heavy (non-hydrogen) atoms. The largest absolute Gasteiger partial charge is 0.359 e. The highest BCUT2D eigenvalue weighted by Crippen LogP contribution is 2.37. The van der Waals surface area contributed by atoms with Crippen molar-refractivity contribution in [2.75, 3.05) is 22.9 Å². The van der Waals surface area contributed by atoms with E-state index in [1.807, 2.05) is 18.2 Å². The highest BCUT2D eigenvalue weighted by molar-refractivity contribution is 7.90. The van der Waals surface area contributed by atoms with Crippen LogP contribution >= 0.6 is 22.9 Å². The number of halogens is 1. The molecule has 2 aliphatic heterocycles. The SMILES string of the molecule is O=C1[C@@H](N2CCc3c(Cl)cccc32)CCN1c1ccc(S(=O)(=O)Cc2nccs2)cc1. The molecule has 160 valence electrons. The van der Waals surface area contributed by atoms with E-state index in [2.05, 4.69) is 9.88 Å². The van der Waals surface area contributed by atoms with Crippen molar-refractivity contribution in [2.24, 2.45) is 0 Å². The number of amides is 1. The lowest BCUT2D eigenvalue weighted by Crippen LogP contribution is -2.41. The molecule has 0 unspecified atom stereocenters. The summed E-state index contributed by atoms with van der Waals surface area (Å²) in [5, 5.41) is 3.07. The van der Waals surface area contributed by atoms with Crippen LogP contribution in [0.5, 0.6) is 0 Å². The van der Waals surface area contributed by atoms with Gasteiger partial charge < -0.3 is 9.80 Å². The number of carbonyl (C=O) groups is 1. The Kier molecular flexibility index (Phi) is 5.24. The molecule has 1 aromatic heterocycles. The van der Waals surface area contributed by atoms with Crippen LogP contribution < -0.4 is 9.80 Å². The van der Waals surface area contributed by atoms with E-state index in [1.165, 1.54) is 11.3 Å². The summed E-state index contributed by atoms with van der Waals surface area (Å²) in [6.07, 6.45) is 3.15. The van der Waals surface area contributed by atoms with Crippen LogP contribution in [-0.4, -0.2) is 38.4 Å². The van der Waals surface area contributed by atoms with Crippen molar-refractivity contribution in [3.05, 3.63) is 69.6 Å². The lowest BCUT2D eigenvalue weighted by molar-refractivity contribution is -0.118. The first-order valence-electron chi connectivity index (χ1n) is 10.0. The fraction of sp³-hybridized carbons (Fsp3) is 0.273. The van der Waals surface area contributed by atoms with Crippen LogP contribution in [0.1, 0.15) is 17.0 Å². The van der Waals surface area contributed by atoms with Crippen LogP contribution in [0.25, 0.3) is 0 Å². The van der Waals surface area contributed by atoms with Gasteiger partial charge in [0.1, 0.15) is 16.8 Å². The molecule has 0 saturated carbocycles. The molecule has 3 aromatic rings. The number of sulfone groups is 1. The zero-order valence-corrected chi connectivity index (χ0v) is 19.0. The van der Waals surface area contributed by atoms with Crippen molar-refractivity contribution >= 4 is 50.1 Å². The lowest BCUT2D eigenvalue weighted by Gasteiger charge is -2.26. The summed E-state index contributed by atoms with van der Waals surface area (Å²) in [4.78, 5) is 21.4. The molecule has 1 saturated heterocycles. The Labute approximate surface area is 190 Å². The van der Waals surface area contributed by atoms with Crippen molar-refractivity contribution in [2.45, 2.75) is 29.5 Å². The fourth-order valence-electron chi connectivity index (χ4n) is 4.35.